The van der Waals surface area contributed by atoms with Gasteiger partial charge in [-0.3, -0.25) is 4.79 Å². The first-order chi connectivity index (χ1) is 17.0. The number of rotatable bonds is 7. The first-order valence-corrected chi connectivity index (χ1v) is 14.2. The van der Waals surface area contributed by atoms with Gasteiger partial charge in [-0.1, -0.05) is 37.8 Å². The normalized spacial score (nSPS) is 17.9. The third-order valence-corrected chi connectivity index (χ3v) is 8.89. The second-order valence-corrected chi connectivity index (χ2v) is 11.3. The van der Waals surface area contributed by atoms with Gasteiger partial charge in [0.05, 0.1) is 12.8 Å². The maximum atomic E-state index is 13.9. The predicted octanol–water partition coefficient (Wildman–Crippen LogP) is 4.57. The molecule has 0 aliphatic carbocycles. The molecule has 0 unspecified atom stereocenters. The Balaban J connectivity index is 1.61. The Hall–Kier alpha value is -2.58. The van der Waals surface area contributed by atoms with E-state index in [1.54, 1.807) is 23.5 Å². The maximum Gasteiger partial charge on any atom is 0.251 e. The molecular formula is C27H37N3O4S. The minimum absolute atomic E-state index is 0.262. The Kier molecular flexibility index (Phi) is 8.68. The number of nitrogens with zero attached hydrogens (tertiary/aromatic N) is 2. The Labute approximate surface area is 209 Å². The molecule has 4 rings (SSSR count). The number of ether oxygens (including phenoxy) is 1. The summed E-state index contributed by atoms with van der Waals surface area (Å²) >= 11 is 0. The summed E-state index contributed by atoms with van der Waals surface area (Å²) in [4.78, 5) is 15.5. The molecule has 190 valence electrons. The summed E-state index contributed by atoms with van der Waals surface area (Å²) in [7, 11) is -2.10. The fourth-order valence-electron chi connectivity index (χ4n) is 4.88. The topological polar surface area (TPSA) is 79.0 Å². The second kappa shape index (κ2) is 11.9. The van der Waals surface area contributed by atoms with Crippen LogP contribution >= 0.6 is 0 Å². The Bertz CT molecular complexity index is 1090. The summed E-state index contributed by atoms with van der Waals surface area (Å²) in [5.74, 6) is 0.475. The molecule has 0 bridgehead atoms. The van der Waals surface area contributed by atoms with Gasteiger partial charge < -0.3 is 15.0 Å². The number of benzene rings is 2. The first-order valence-electron chi connectivity index (χ1n) is 12.8. The molecule has 2 aromatic rings. The van der Waals surface area contributed by atoms with Crippen LogP contribution in [0.25, 0.3) is 0 Å². The fraction of sp³-hybridized carbons (Fsp3) is 0.519. The number of sulfonamides is 1. The number of carbonyl (C=O) groups excluding carboxylic acids is 1. The van der Waals surface area contributed by atoms with E-state index in [1.165, 1.54) is 0 Å². The smallest absolute Gasteiger partial charge is 0.251 e. The average Bonchev–Trinajstić information content (AvgIpc) is 3.33. The molecule has 2 aliphatic heterocycles. The highest BCUT2D eigenvalue weighted by molar-refractivity contribution is 7.89. The van der Waals surface area contributed by atoms with Crippen molar-refractivity contribution >= 4 is 21.6 Å². The number of amides is 1. The van der Waals surface area contributed by atoms with Gasteiger partial charge in [-0.2, -0.15) is 4.31 Å². The molecule has 2 aliphatic rings. The van der Waals surface area contributed by atoms with Gasteiger partial charge in [0.2, 0.25) is 10.0 Å². The third-order valence-electron chi connectivity index (χ3n) is 6.96. The summed E-state index contributed by atoms with van der Waals surface area (Å²) in [6, 6.07) is 12.7. The summed E-state index contributed by atoms with van der Waals surface area (Å²) < 4.78 is 34.5. The molecule has 2 aromatic carbocycles. The Morgan fingerprint density at radius 3 is 2.06 bits per heavy atom. The first kappa shape index (κ1) is 25.5. The largest absolute Gasteiger partial charge is 0.497 e. The van der Waals surface area contributed by atoms with Crippen LogP contribution in [0.15, 0.2) is 47.4 Å². The van der Waals surface area contributed by atoms with Crippen LogP contribution in [0.3, 0.4) is 0 Å². The van der Waals surface area contributed by atoms with Crippen molar-refractivity contribution in [3.8, 4) is 5.75 Å². The molecule has 1 amide bonds. The van der Waals surface area contributed by atoms with E-state index in [1.807, 2.05) is 30.3 Å². The van der Waals surface area contributed by atoms with Crippen LogP contribution in [0.1, 0.15) is 67.3 Å². The van der Waals surface area contributed by atoms with Crippen LogP contribution in [-0.4, -0.2) is 51.9 Å². The number of hydrogen-bond acceptors (Lipinski definition) is 5. The zero-order valence-corrected chi connectivity index (χ0v) is 21.5. The van der Waals surface area contributed by atoms with E-state index in [9.17, 15) is 13.2 Å². The minimum Gasteiger partial charge on any atom is -0.497 e. The van der Waals surface area contributed by atoms with Crippen LogP contribution < -0.4 is 15.0 Å². The summed E-state index contributed by atoms with van der Waals surface area (Å²) in [6.07, 6.45) is 8.28. The molecule has 2 heterocycles. The van der Waals surface area contributed by atoms with Gasteiger partial charge in [0, 0.05) is 38.3 Å². The second-order valence-electron chi connectivity index (χ2n) is 9.43. The zero-order chi connectivity index (χ0) is 24.7. The van der Waals surface area contributed by atoms with E-state index in [0.717, 1.165) is 81.5 Å². The van der Waals surface area contributed by atoms with Crippen molar-refractivity contribution in [1.29, 1.82) is 0 Å². The van der Waals surface area contributed by atoms with Gasteiger partial charge in [-0.05, 0) is 61.6 Å². The van der Waals surface area contributed by atoms with E-state index in [0.29, 0.717) is 25.2 Å². The van der Waals surface area contributed by atoms with E-state index in [2.05, 4.69) is 10.2 Å². The van der Waals surface area contributed by atoms with Gasteiger partial charge in [0.25, 0.3) is 5.91 Å². The highest BCUT2D eigenvalue weighted by Gasteiger charge is 2.30. The van der Waals surface area contributed by atoms with E-state index >= 15 is 0 Å². The van der Waals surface area contributed by atoms with Crippen molar-refractivity contribution < 1.29 is 17.9 Å². The van der Waals surface area contributed by atoms with Gasteiger partial charge in [0.1, 0.15) is 10.6 Å². The quantitative estimate of drug-likeness (QED) is 0.604. The van der Waals surface area contributed by atoms with Crippen molar-refractivity contribution in [1.82, 2.24) is 9.62 Å². The molecule has 0 spiro atoms. The zero-order valence-electron chi connectivity index (χ0n) is 20.7. The van der Waals surface area contributed by atoms with Crippen molar-refractivity contribution in [2.75, 3.05) is 38.2 Å². The molecule has 1 N–H and O–H groups in total. The van der Waals surface area contributed by atoms with Crippen LogP contribution in [-0.2, 0) is 16.6 Å². The molecule has 2 saturated heterocycles. The Morgan fingerprint density at radius 1 is 0.857 bits per heavy atom. The molecule has 8 heteroatoms. The molecule has 0 atom stereocenters. The van der Waals surface area contributed by atoms with E-state index in [4.69, 9.17) is 4.74 Å². The number of carbonyl (C=O) groups is 1. The monoisotopic (exact) mass is 499 g/mol. The van der Waals surface area contributed by atoms with E-state index in [-0.39, 0.29) is 10.8 Å². The third kappa shape index (κ3) is 6.35. The van der Waals surface area contributed by atoms with Crippen LogP contribution in [0, 0.1) is 0 Å². The van der Waals surface area contributed by atoms with Crippen molar-refractivity contribution in [3.63, 3.8) is 0 Å². The van der Waals surface area contributed by atoms with Crippen molar-refractivity contribution in [3.05, 3.63) is 53.6 Å². The van der Waals surface area contributed by atoms with Crippen LogP contribution in [0.4, 0.5) is 5.69 Å². The maximum absolute atomic E-state index is 13.9. The van der Waals surface area contributed by atoms with Crippen molar-refractivity contribution in [2.45, 2.75) is 62.8 Å². The lowest BCUT2D eigenvalue weighted by atomic mass is 10.1. The molecule has 0 aromatic heterocycles. The average molecular weight is 500 g/mol. The van der Waals surface area contributed by atoms with Crippen molar-refractivity contribution in [2.24, 2.45) is 0 Å². The van der Waals surface area contributed by atoms with Crippen LogP contribution in [0.2, 0.25) is 0 Å². The fourth-order valence-corrected chi connectivity index (χ4v) is 6.64. The number of nitrogens with one attached hydrogen (secondary N) is 1. The molecule has 7 nitrogen and oxygen atoms in total. The lowest BCUT2D eigenvalue weighted by molar-refractivity contribution is 0.0950. The Morgan fingerprint density at radius 2 is 1.46 bits per heavy atom. The van der Waals surface area contributed by atoms with E-state index < -0.39 is 10.0 Å². The standard InChI is InChI=1S/C27H37N3O4S/c1-34-24-13-10-22(11-14-24)21-28-27(31)23-12-15-25(29-16-6-2-3-7-17-29)26(20-23)35(32,33)30-18-8-4-5-9-19-30/h10-15,20H,2-9,16-19,21H2,1H3,(H,28,31). The number of methoxy groups -OCH3 is 1. The molecule has 0 saturated carbocycles. The number of hydrogen-bond donors (Lipinski definition) is 1. The molecule has 2 fully saturated rings. The summed E-state index contributed by atoms with van der Waals surface area (Å²) in [5, 5.41) is 2.93. The summed E-state index contributed by atoms with van der Waals surface area (Å²) in [5.41, 5.74) is 2.03. The predicted molar refractivity (Wildman–Crippen MR) is 139 cm³/mol. The van der Waals surface area contributed by atoms with Gasteiger partial charge in [-0.15, -0.1) is 0 Å². The van der Waals surface area contributed by atoms with Crippen LogP contribution in [0.5, 0.6) is 5.75 Å². The highest BCUT2D eigenvalue weighted by atomic mass is 32.2. The SMILES string of the molecule is COc1ccc(CNC(=O)c2ccc(N3CCCCCC3)c(S(=O)(=O)N3CCCCCC3)c2)cc1. The highest BCUT2D eigenvalue weighted by Crippen LogP contribution is 2.32. The molecule has 0 radical (unpaired) electrons. The number of anilines is 1. The minimum atomic E-state index is -3.71. The molecule has 35 heavy (non-hydrogen) atoms. The molecular weight excluding hydrogens is 462 g/mol. The van der Waals surface area contributed by atoms with Gasteiger partial charge in [-0.25, -0.2) is 8.42 Å². The van der Waals surface area contributed by atoms with Gasteiger partial charge in [0.15, 0.2) is 0 Å². The lowest BCUT2D eigenvalue weighted by Gasteiger charge is -2.28. The summed E-state index contributed by atoms with van der Waals surface area (Å²) in [6.45, 7) is 3.10. The lowest BCUT2D eigenvalue weighted by Crippen LogP contribution is -2.34. The van der Waals surface area contributed by atoms with Gasteiger partial charge >= 0.3 is 0 Å².